The smallest absolute Gasteiger partial charge is 0.0493 e. The molecule has 1 nitrogen and oxygen atoms in total. The van der Waals surface area contributed by atoms with Gasteiger partial charge in [0.2, 0.25) is 0 Å². The van der Waals surface area contributed by atoms with E-state index in [9.17, 15) is 0 Å². The van der Waals surface area contributed by atoms with Crippen LogP contribution in [0.1, 0.15) is 10.8 Å². The second-order valence-corrected chi connectivity index (χ2v) is 3.74. The van der Waals surface area contributed by atoms with Crippen molar-refractivity contribution in [1.29, 1.82) is 0 Å². The van der Waals surface area contributed by atoms with Crippen molar-refractivity contribution in [3.8, 4) is 0 Å². The first-order valence-electron chi connectivity index (χ1n) is 4.13. The second kappa shape index (κ2) is 5.60. The van der Waals surface area contributed by atoms with Crippen molar-refractivity contribution in [1.82, 2.24) is 4.98 Å². The Morgan fingerprint density at radius 2 is 2.38 bits per heavy atom. The number of nitrogens with zero attached hydrogens (tertiary/aromatic N) is 1. The highest BCUT2D eigenvalue weighted by Gasteiger charge is 2.05. The molecule has 1 rings (SSSR count). The zero-order chi connectivity index (χ0) is 9.52. The Kier molecular flexibility index (Phi) is 4.33. The molecule has 1 aromatic rings. The minimum absolute atomic E-state index is 0.326. The molecule has 1 heterocycles. The average Bonchev–Trinajstić information content (AvgIpc) is 2.21. The van der Waals surface area contributed by atoms with Crippen LogP contribution in [-0.4, -0.2) is 10.7 Å². The van der Waals surface area contributed by atoms with E-state index in [1.807, 2.05) is 24.4 Å². The summed E-state index contributed by atoms with van der Waals surface area (Å²) < 4.78 is 0. The van der Waals surface area contributed by atoms with Gasteiger partial charge in [0, 0.05) is 23.4 Å². The molecule has 0 fully saturated rings. The van der Waals surface area contributed by atoms with E-state index in [-0.39, 0.29) is 0 Å². The molecule has 1 aromatic heterocycles. The first-order chi connectivity index (χ1) is 6.38. The number of rotatable bonds is 5. The van der Waals surface area contributed by atoms with Crippen molar-refractivity contribution in [2.75, 3.05) is 5.75 Å². The summed E-state index contributed by atoms with van der Waals surface area (Å²) in [6.07, 6.45) is 7.49. The summed E-state index contributed by atoms with van der Waals surface area (Å²) in [6.45, 7) is 7.50. The molecule has 0 aliphatic rings. The number of hydrogen-bond acceptors (Lipinski definition) is 2. The third-order valence-electron chi connectivity index (χ3n) is 1.62. The third-order valence-corrected chi connectivity index (χ3v) is 2.87. The Hall–Kier alpha value is -1.02. The molecule has 0 saturated carbocycles. The second-order valence-electron chi connectivity index (χ2n) is 2.56. The van der Waals surface area contributed by atoms with Crippen LogP contribution in [0.25, 0.3) is 0 Å². The Bertz CT molecular complexity index is 269. The maximum atomic E-state index is 4.07. The Morgan fingerprint density at radius 3 is 2.92 bits per heavy atom. The fraction of sp³-hybridized carbons (Fsp3) is 0.182. The van der Waals surface area contributed by atoms with Crippen LogP contribution >= 0.6 is 11.8 Å². The number of pyridine rings is 1. The third kappa shape index (κ3) is 3.07. The zero-order valence-electron chi connectivity index (χ0n) is 7.52. The average molecular weight is 191 g/mol. The highest BCUT2D eigenvalue weighted by atomic mass is 32.2. The molecule has 68 valence electrons. The van der Waals surface area contributed by atoms with Gasteiger partial charge in [0.15, 0.2) is 0 Å². The molecular formula is C11H13NS. The van der Waals surface area contributed by atoms with E-state index in [4.69, 9.17) is 0 Å². The summed E-state index contributed by atoms with van der Waals surface area (Å²) in [5.74, 6) is 0.936. The quantitative estimate of drug-likeness (QED) is 0.663. The SMILES string of the molecule is C=CCSC(C=C)c1cccnc1. The molecule has 0 saturated heterocycles. The predicted octanol–water partition coefficient (Wildman–Crippen LogP) is 3.23. The van der Waals surface area contributed by atoms with Crippen LogP contribution < -0.4 is 0 Å². The normalized spacial score (nSPS) is 12.0. The van der Waals surface area contributed by atoms with Crippen molar-refractivity contribution < 1.29 is 0 Å². The molecule has 1 atom stereocenters. The first kappa shape index (κ1) is 10.1. The summed E-state index contributed by atoms with van der Waals surface area (Å²) in [7, 11) is 0. The van der Waals surface area contributed by atoms with Gasteiger partial charge >= 0.3 is 0 Å². The van der Waals surface area contributed by atoms with Gasteiger partial charge in [-0.1, -0.05) is 18.2 Å². The highest BCUT2D eigenvalue weighted by molar-refractivity contribution is 7.99. The minimum atomic E-state index is 0.326. The minimum Gasteiger partial charge on any atom is -0.264 e. The summed E-state index contributed by atoms with van der Waals surface area (Å²) in [6, 6.07) is 4.01. The fourth-order valence-electron chi connectivity index (χ4n) is 1.02. The molecule has 0 spiro atoms. The van der Waals surface area contributed by atoms with Gasteiger partial charge in [0.25, 0.3) is 0 Å². The van der Waals surface area contributed by atoms with Gasteiger partial charge in [-0.3, -0.25) is 4.98 Å². The number of thioether (sulfide) groups is 1. The van der Waals surface area contributed by atoms with Gasteiger partial charge in [0.05, 0.1) is 0 Å². The van der Waals surface area contributed by atoms with Crippen molar-refractivity contribution in [2.24, 2.45) is 0 Å². The molecule has 0 N–H and O–H groups in total. The number of aromatic nitrogens is 1. The lowest BCUT2D eigenvalue weighted by Crippen LogP contribution is -1.90. The van der Waals surface area contributed by atoms with E-state index in [0.29, 0.717) is 5.25 Å². The lowest BCUT2D eigenvalue weighted by atomic mass is 10.2. The van der Waals surface area contributed by atoms with Crippen LogP contribution in [0.5, 0.6) is 0 Å². The fourth-order valence-corrected chi connectivity index (χ4v) is 1.83. The van der Waals surface area contributed by atoms with Crippen molar-refractivity contribution in [3.63, 3.8) is 0 Å². The van der Waals surface area contributed by atoms with E-state index in [1.54, 1.807) is 18.0 Å². The van der Waals surface area contributed by atoms with Crippen LogP contribution in [0, 0.1) is 0 Å². The molecule has 0 amide bonds. The van der Waals surface area contributed by atoms with Crippen LogP contribution in [0.2, 0.25) is 0 Å². The van der Waals surface area contributed by atoms with Gasteiger partial charge in [0.1, 0.15) is 0 Å². The molecule has 0 aromatic carbocycles. The van der Waals surface area contributed by atoms with E-state index < -0.39 is 0 Å². The van der Waals surface area contributed by atoms with Crippen molar-refractivity contribution in [2.45, 2.75) is 5.25 Å². The molecule has 0 aliphatic carbocycles. The summed E-state index contributed by atoms with van der Waals surface area (Å²) >= 11 is 1.80. The van der Waals surface area contributed by atoms with Gasteiger partial charge < -0.3 is 0 Å². The predicted molar refractivity (Wildman–Crippen MR) is 59.8 cm³/mol. The van der Waals surface area contributed by atoms with Crippen LogP contribution in [-0.2, 0) is 0 Å². The molecule has 0 aliphatic heterocycles. The molecule has 0 radical (unpaired) electrons. The Labute approximate surface area is 83.6 Å². The first-order valence-corrected chi connectivity index (χ1v) is 5.18. The molecule has 13 heavy (non-hydrogen) atoms. The zero-order valence-corrected chi connectivity index (χ0v) is 8.33. The van der Waals surface area contributed by atoms with E-state index in [1.165, 1.54) is 5.56 Å². The maximum absolute atomic E-state index is 4.07. The summed E-state index contributed by atoms with van der Waals surface area (Å²) in [5, 5.41) is 0.326. The molecule has 1 unspecified atom stereocenters. The lowest BCUT2D eigenvalue weighted by Gasteiger charge is -2.09. The van der Waals surface area contributed by atoms with Crippen molar-refractivity contribution in [3.05, 3.63) is 55.4 Å². The largest absolute Gasteiger partial charge is 0.264 e. The topological polar surface area (TPSA) is 12.9 Å². The van der Waals surface area contributed by atoms with Gasteiger partial charge in [-0.05, 0) is 11.6 Å². The van der Waals surface area contributed by atoms with Crippen LogP contribution in [0.15, 0.2) is 49.8 Å². The molecule has 2 heteroatoms. The Balaban J connectivity index is 2.66. The van der Waals surface area contributed by atoms with Gasteiger partial charge in [-0.2, -0.15) is 0 Å². The monoisotopic (exact) mass is 191 g/mol. The van der Waals surface area contributed by atoms with E-state index in [2.05, 4.69) is 24.2 Å². The van der Waals surface area contributed by atoms with E-state index in [0.717, 1.165) is 5.75 Å². The summed E-state index contributed by atoms with van der Waals surface area (Å²) in [4.78, 5) is 4.07. The van der Waals surface area contributed by atoms with Crippen molar-refractivity contribution >= 4 is 11.8 Å². The summed E-state index contributed by atoms with van der Waals surface area (Å²) in [5.41, 5.74) is 1.20. The van der Waals surface area contributed by atoms with Crippen LogP contribution in [0.3, 0.4) is 0 Å². The maximum Gasteiger partial charge on any atom is 0.0493 e. The van der Waals surface area contributed by atoms with Gasteiger partial charge in [-0.25, -0.2) is 0 Å². The molecule has 0 bridgehead atoms. The lowest BCUT2D eigenvalue weighted by molar-refractivity contribution is 1.17. The van der Waals surface area contributed by atoms with Crippen LogP contribution in [0.4, 0.5) is 0 Å². The molecular weight excluding hydrogens is 178 g/mol. The van der Waals surface area contributed by atoms with E-state index >= 15 is 0 Å². The van der Waals surface area contributed by atoms with Gasteiger partial charge in [-0.15, -0.1) is 24.9 Å². The standard InChI is InChI=1S/C11H13NS/c1-3-8-13-11(4-2)10-6-5-7-12-9-10/h3-7,9,11H,1-2,8H2. The highest BCUT2D eigenvalue weighted by Crippen LogP contribution is 2.28. The number of hydrogen-bond donors (Lipinski definition) is 0. The Morgan fingerprint density at radius 1 is 1.54 bits per heavy atom.